The molecule has 1 aliphatic heterocycles. The fourth-order valence-electron chi connectivity index (χ4n) is 5.11. The number of benzene rings is 2. The Morgan fingerprint density at radius 3 is 2.46 bits per heavy atom. The van der Waals surface area contributed by atoms with Crippen LogP contribution in [0.1, 0.15) is 80.8 Å². The quantitative estimate of drug-likeness (QED) is 0.299. The molecule has 2 aromatic carbocycles. The summed E-state index contributed by atoms with van der Waals surface area (Å²) >= 11 is 0. The van der Waals surface area contributed by atoms with E-state index >= 15 is 0 Å². The second kappa shape index (κ2) is 12.3. The number of Topliss-reactive ketones (excluding diaryl/α,β-unsaturated/α-hetero) is 1. The summed E-state index contributed by atoms with van der Waals surface area (Å²) in [4.78, 5) is 26.6. The van der Waals surface area contributed by atoms with Crippen molar-refractivity contribution in [1.29, 1.82) is 5.41 Å². The first-order chi connectivity index (χ1) is 17.6. The second-order valence-corrected chi connectivity index (χ2v) is 10.8. The maximum absolute atomic E-state index is 13.6. The van der Waals surface area contributed by atoms with E-state index in [0.717, 1.165) is 24.0 Å². The number of hydrogen-bond donors (Lipinski definition) is 2. The number of amides is 1. The molecule has 1 heterocycles. The Morgan fingerprint density at radius 2 is 1.86 bits per heavy atom. The van der Waals surface area contributed by atoms with Gasteiger partial charge >= 0.3 is 0 Å². The van der Waals surface area contributed by atoms with E-state index in [2.05, 4.69) is 39.8 Å². The molecular formula is C30H41N3O4. The van der Waals surface area contributed by atoms with Gasteiger partial charge in [0.05, 0.1) is 20.3 Å². The van der Waals surface area contributed by atoms with Crippen molar-refractivity contribution in [3.63, 3.8) is 0 Å². The van der Waals surface area contributed by atoms with Crippen molar-refractivity contribution in [2.24, 2.45) is 11.7 Å². The highest BCUT2D eigenvalue weighted by atomic mass is 16.5. The van der Waals surface area contributed by atoms with Gasteiger partial charge in [0, 0.05) is 30.0 Å². The summed E-state index contributed by atoms with van der Waals surface area (Å²) in [6.07, 6.45) is 2.75. The highest BCUT2D eigenvalue weighted by molar-refractivity contribution is 6.01. The third-order valence-electron chi connectivity index (χ3n) is 6.93. The van der Waals surface area contributed by atoms with Crippen LogP contribution in [0.25, 0.3) is 0 Å². The molecule has 2 atom stereocenters. The van der Waals surface area contributed by atoms with E-state index in [-0.39, 0.29) is 42.6 Å². The fourth-order valence-corrected chi connectivity index (χ4v) is 5.11. The molecule has 2 aromatic rings. The molecule has 0 aliphatic carbocycles. The molecule has 1 saturated heterocycles. The van der Waals surface area contributed by atoms with Gasteiger partial charge in [-0.05, 0) is 41.9 Å². The SMILES string of the molecule is CCC[C@H]1CN(CC(=O)c2cc(OCCCC(N)=O)c(OC)c(C(C)(C)C)c2)C(=N)[C@@H]1c1ccccc1. The molecule has 0 radical (unpaired) electrons. The molecule has 0 unspecified atom stereocenters. The maximum atomic E-state index is 13.6. The lowest BCUT2D eigenvalue weighted by molar-refractivity contribution is -0.118. The van der Waals surface area contributed by atoms with E-state index in [1.165, 1.54) is 0 Å². The second-order valence-electron chi connectivity index (χ2n) is 10.8. The summed E-state index contributed by atoms with van der Waals surface area (Å²) in [5.41, 5.74) is 7.48. The number of nitrogens with two attached hydrogens (primary N) is 1. The summed E-state index contributed by atoms with van der Waals surface area (Å²) in [6.45, 7) is 9.46. The van der Waals surface area contributed by atoms with Gasteiger partial charge < -0.3 is 20.1 Å². The Labute approximate surface area is 220 Å². The smallest absolute Gasteiger partial charge is 0.217 e. The van der Waals surface area contributed by atoms with E-state index in [9.17, 15) is 9.59 Å². The zero-order valence-electron chi connectivity index (χ0n) is 22.8. The van der Waals surface area contributed by atoms with Gasteiger partial charge in [0.1, 0.15) is 5.84 Å². The molecule has 1 amide bonds. The van der Waals surface area contributed by atoms with Gasteiger partial charge in [-0.1, -0.05) is 64.4 Å². The lowest BCUT2D eigenvalue weighted by atomic mass is 9.84. The number of nitrogens with zero attached hydrogens (tertiary/aromatic N) is 1. The molecule has 7 nitrogen and oxygen atoms in total. The number of primary amides is 1. The van der Waals surface area contributed by atoms with Gasteiger partial charge in [-0.3, -0.25) is 15.0 Å². The third-order valence-corrected chi connectivity index (χ3v) is 6.93. The van der Waals surface area contributed by atoms with Crippen LogP contribution < -0.4 is 15.2 Å². The Balaban J connectivity index is 1.87. The Kier molecular flexibility index (Phi) is 9.35. The van der Waals surface area contributed by atoms with Gasteiger partial charge in [-0.15, -0.1) is 0 Å². The van der Waals surface area contributed by atoms with E-state index in [1.54, 1.807) is 13.2 Å². The summed E-state index contributed by atoms with van der Waals surface area (Å²) in [5, 5.41) is 8.95. The zero-order chi connectivity index (χ0) is 27.2. The Bertz CT molecular complexity index is 1110. The first-order valence-electron chi connectivity index (χ1n) is 13.1. The maximum Gasteiger partial charge on any atom is 0.217 e. The minimum absolute atomic E-state index is 0.000830. The number of amidine groups is 1. The van der Waals surface area contributed by atoms with Crippen LogP contribution in [-0.2, 0) is 10.2 Å². The molecule has 7 heteroatoms. The van der Waals surface area contributed by atoms with Gasteiger partial charge in [0.2, 0.25) is 5.91 Å². The van der Waals surface area contributed by atoms with Crippen molar-refractivity contribution in [2.75, 3.05) is 26.8 Å². The number of ketones is 1. The topological polar surface area (TPSA) is 106 Å². The average Bonchev–Trinajstić information content (AvgIpc) is 3.15. The van der Waals surface area contributed by atoms with Crippen LogP contribution in [0.3, 0.4) is 0 Å². The molecule has 1 fully saturated rings. The summed E-state index contributed by atoms with van der Waals surface area (Å²) in [7, 11) is 1.59. The largest absolute Gasteiger partial charge is 0.493 e. The van der Waals surface area contributed by atoms with Gasteiger partial charge in [0.15, 0.2) is 17.3 Å². The average molecular weight is 508 g/mol. The van der Waals surface area contributed by atoms with Gasteiger partial charge in [-0.25, -0.2) is 0 Å². The highest BCUT2D eigenvalue weighted by Gasteiger charge is 2.38. The first kappa shape index (κ1) is 28.2. The first-order valence-corrected chi connectivity index (χ1v) is 13.1. The summed E-state index contributed by atoms with van der Waals surface area (Å²) in [6, 6.07) is 13.8. The van der Waals surface area contributed by atoms with Crippen LogP contribution in [-0.4, -0.2) is 49.2 Å². The van der Waals surface area contributed by atoms with Crippen molar-refractivity contribution < 1.29 is 19.1 Å². The number of nitrogens with one attached hydrogen (secondary N) is 1. The molecular weight excluding hydrogens is 466 g/mol. The van der Waals surface area contributed by atoms with E-state index in [1.807, 2.05) is 29.2 Å². The van der Waals surface area contributed by atoms with E-state index in [0.29, 0.717) is 41.8 Å². The van der Waals surface area contributed by atoms with E-state index in [4.69, 9.17) is 20.6 Å². The summed E-state index contributed by atoms with van der Waals surface area (Å²) < 4.78 is 11.7. The van der Waals surface area contributed by atoms with Crippen molar-refractivity contribution in [2.45, 2.75) is 64.7 Å². The van der Waals surface area contributed by atoms with Crippen LogP contribution in [0.2, 0.25) is 0 Å². The minimum Gasteiger partial charge on any atom is -0.493 e. The van der Waals surface area contributed by atoms with E-state index < -0.39 is 0 Å². The van der Waals surface area contributed by atoms with Gasteiger partial charge in [0.25, 0.3) is 0 Å². The van der Waals surface area contributed by atoms with Crippen molar-refractivity contribution in [3.8, 4) is 11.5 Å². The van der Waals surface area contributed by atoms with Crippen LogP contribution in [0.15, 0.2) is 42.5 Å². The lowest BCUT2D eigenvalue weighted by Gasteiger charge is -2.25. The number of carbonyl (C=O) groups is 2. The zero-order valence-corrected chi connectivity index (χ0v) is 22.8. The number of rotatable bonds is 12. The molecule has 37 heavy (non-hydrogen) atoms. The normalized spacial score (nSPS) is 17.6. The predicted octanol–water partition coefficient (Wildman–Crippen LogP) is 5.31. The minimum atomic E-state index is -0.377. The molecule has 3 N–H and O–H groups in total. The number of methoxy groups -OCH3 is 1. The van der Waals surface area contributed by atoms with Crippen molar-refractivity contribution >= 4 is 17.5 Å². The van der Waals surface area contributed by atoms with Crippen LogP contribution in [0.4, 0.5) is 0 Å². The molecule has 1 aliphatic rings. The molecule has 200 valence electrons. The van der Waals surface area contributed by atoms with Crippen LogP contribution in [0, 0.1) is 11.3 Å². The standard InChI is InChI=1S/C30H41N3O4/c1-6-11-21-18-33(29(32)27(21)20-12-8-7-9-13-20)19-24(34)22-16-23(30(2,3)4)28(36-5)25(17-22)37-15-10-14-26(31)35/h7-9,12-13,16-17,21,27,32H,6,10-11,14-15,18-19H2,1-5H3,(H2,31,35)/t21-,27+/m0/s1. The number of ether oxygens (including phenoxy) is 2. The van der Waals surface area contributed by atoms with Crippen LogP contribution in [0.5, 0.6) is 11.5 Å². The number of hydrogen-bond acceptors (Lipinski definition) is 5. The molecule has 0 aromatic heterocycles. The Hall–Kier alpha value is -3.35. The summed E-state index contributed by atoms with van der Waals surface area (Å²) in [5.74, 6) is 1.43. The van der Waals surface area contributed by atoms with Gasteiger partial charge in [-0.2, -0.15) is 0 Å². The predicted molar refractivity (Wildman–Crippen MR) is 147 cm³/mol. The number of carbonyl (C=O) groups excluding carboxylic acids is 2. The third kappa shape index (κ3) is 6.90. The fraction of sp³-hybridized carbons (Fsp3) is 0.500. The van der Waals surface area contributed by atoms with Crippen molar-refractivity contribution in [3.05, 3.63) is 59.2 Å². The Morgan fingerprint density at radius 1 is 1.16 bits per heavy atom. The highest BCUT2D eigenvalue weighted by Crippen LogP contribution is 2.41. The van der Waals surface area contributed by atoms with Crippen molar-refractivity contribution in [1.82, 2.24) is 4.90 Å². The lowest BCUT2D eigenvalue weighted by Crippen LogP contribution is -2.32. The molecule has 3 rings (SSSR count). The molecule has 0 saturated carbocycles. The monoisotopic (exact) mass is 507 g/mol. The number of likely N-dealkylation sites (tertiary alicyclic amines) is 1. The molecule has 0 spiro atoms. The molecule has 0 bridgehead atoms. The van der Waals surface area contributed by atoms with Crippen LogP contribution >= 0.6 is 0 Å².